The zero-order chi connectivity index (χ0) is 21.7. The van der Waals surface area contributed by atoms with E-state index in [0.29, 0.717) is 31.0 Å². The maximum atomic E-state index is 11.5. The lowest BCUT2D eigenvalue weighted by atomic mass is 9.70. The van der Waals surface area contributed by atoms with Crippen molar-refractivity contribution in [3.05, 3.63) is 63.9 Å². The van der Waals surface area contributed by atoms with Crippen LogP contribution in [0.2, 0.25) is 0 Å². The molecule has 0 aromatic carbocycles. The van der Waals surface area contributed by atoms with Crippen molar-refractivity contribution in [2.75, 3.05) is 31.6 Å². The summed E-state index contributed by atoms with van der Waals surface area (Å²) < 4.78 is 5.77. The Hall–Kier alpha value is -3.25. The molecule has 3 heterocycles. The minimum absolute atomic E-state index is 0.0570. The number of ether oxygens (including phenoxy) is 1. The maximum absolute atomic E-state index is 11.5. The van der Waals surface area contributed by atoms with Gasteiger partial charge in [-0.2, -0.15) is 0 Å². The molecule has 0 spiro atoms. The number of pyridine rings is 2. The van der Waals surface area contributed by atoms with Crippen molar-refractivity contribution >= 4 is 11.4 Å². The van der Waals surface area contributed by atoms with Gasteiger partial charge in [-0.1, -0.05) is 12.5 Å². The second-order valence-electron chi connectivity index (χ2n) is 8.16. The molecule has 2 aromatic heterocycles. The van der Waals surface area contributed by atoms with Gasteiger partial charge in [-0.3, -0.25) is 20.0 Å². The minimum Gasteiger partial charge on any atom is -0.476 e. The molecule has 162 valence electrons. The predicted octanol–water partition coefficient (Wildman–Crippen LogP) is 3.64. The lowest BCUT2D eigenvalue weighted by Crippen LogP contribution is -2.46. The molecule has 0 unspecified atom stereocenters. The van der Waals surface area contributed by atoms with Crippen LogP contribution in [-0.4, -0.2) is 52.1 Å². The summed E-state index contributed by atoms with van der Waals surface area (Å²) in [6, 6.07) is 7.09. The van der Waals surface area contributed by atoms with Gasteiger partial charge in [0, 0.05) is 24.8 Å². The van der Waals surface area contributed by atoms with E-state index in [-0.39, 0.29) is 11.7 Å². The SMILES string of the molecule is [C-]#[N+]C1(c2ccccn2)CC(Nc2cc(OCCN3CCCCC3)ncc2[N+](=O)[O-])C1. The number of aromatic nitrogens is 2. The number of likely N-dealkylation sites (tertiary alicyclic amines) is 1. The third kappa shape index (κ3) is 4.75. The quantitative estimate of drug-likeness (QED) is 0.394. The molecule has 9 heteroatoms. The van der Waals surface area contributed by atoms with Crippen LogP contribution >= 0.6 is 0 Å². The van der Waals surface area contributed by atoms with E-state index in [2.05, 4.69) is 25.0 Å². The van der Waals surface area contributed by atoms with Crippen LogP contribution in [0.5, 0.6) is 5.88 Å². The van der Waals surface area contributed by atoms with E-state index >= 15 is 0 Å². The number of anilines is 1. The standard InChI is InChI=1S/C22H26N6O3/c1-23-22(20-7-3-4-8-24-20)14-17(15-22)26-18-13-21(25-16-19(18)28(29)30)31-12-11-27-9-5-2-6-10-27/h3-4,7-8,13,16-17H,2,5-6,9-12,14-15H2,(H,25,26). The zero-order valence-electron chi connectivity index (χ0n) is 17.4. The number of nitrogens with zero attached hydrogens (tertiary/aromatic N) is 5. The molecule has 0 radical (unpaired) electrons. The molecule has 0 bridgehead atoms. The highest BCUT2D eigenvalue weighted by Gasteiger charge is 2.53. The third-order valence-electron chi connectivity index (χ3n) is 6.04. The minimum atomic E-state index is -0.672. The molecule has 1 aliphatic carbocycles. The highest BCUT2D eigenvalue weighted by Crippen LogP contribution is 2.46. The Morgan fingerprint density at radius 1 is 1.29 bits per heavy atom. The van der Waals surface area contributed by atoms with Crippen LogP contribution in [0.15, 0.2) is 36.7 Å². The highest BCUT2D eigenvalue weighted by molar-refractivity contribution is 5.63. The smallest absolute Gasteiger partial charge is 0.310 e. The van der Waals surface area contributed by atoms with Gasteiger partial charge in [0.25, 0.3) is 5.54 Å². The van der Waals surface area contributed by atoms with Gasteiger partial charge in [0.1, 0.15) is 24.2 Å². The van der Waals surface area contributed by atoms with Crippen LogP contribution in [-0.2, 0) is 5.54 Å². The van der Waals surface area contributed by atoms with E-state index < -0.39 is 10.5 Å². The largest absolute Gasteiger partial charge is 0.476 e. The van der Waals surface area contributed by atoms with Gasteiger partial charge in [-0.15, -0.1) is 0 Å². The number of piperidine rings is 1. The van der Waals surface area contributed by atoms with Crippen molar-refractivity contribution in [3.63, 3.8) is 0 Å². The number of hydrogen-bond donors (Lipinski definition) is 1. The Morgan fingerprint density at radius 3 is 2.77 bits per heavy atom. The molecule has 31 heavy (non-hydrogen) atoms. The molecule has 2 fully saturated rings. The zero-order valence-corrected chi connectivity index (χ0v) is 17.4. The molecule has 0 amide bonds. The lowest BCUT2D eigenvalue weighted by molar-refractivity contribution is -0.384. The van der Waals surface area contributed by atoms with Crippen LogP contribution < -0.4 is 10.1 Å². The van der Waals surface area contributed by atoms with E-state index in [1.807, 2.05) is 18.2 Å². The van der Waals surface area contributed by atoms with Crippen molar-refractivity contribution in [1.82, 2.24) is 14.9 Å². The summed E-state index contributed by atoms with van der Waals surface area (Å²) in [5, 5.41) is 14.7. The first-order chi connectivity index (χ1) is 15.1. The Labute approximate surface area is 181 Å². The third-order valence-corrected chi connectivity index (χ3v) is 6.04. The summed E-state index contributed by atoms with van der Waals surface area (Å²) in [6.45, 7) is 11.1. The summed E-state index contributed by atoms with van der Waals surface area (Å²) in [5.74, 6) is 0.366. The van der Waals surface area contributed by atoms with Gasteiger partial charge >= 0.3 is 5.69 Å². The number of hydrogen-bond acceptors (Lipinski definition) is 7. The summed E-state index contributed by atoms with van der Waals surface area (Å²) in [4.78, 5) is 25.6. The van der Waals surface area contributed by atoms with Crippen LogP contribution in [0.25, 0.3) is 4.85 Å². The average Bonchev–Trinajstić information content (AvgIpc) is 2.77. The Balaban J connectivity index is 1.39. The Kier molecular flexibility index (Phi) is 6.28. The highest BCUT2D eigenvalue weighted by atomic mass is 16.6. The van der Waals surface area contributed by atoms with Gasteiger partial charge in [-0.25, -0.2) is 11.6 Å². The Bertz CT molecular complexity index is 949. The fourth-order valence-electron chi connectivity index (χ4n) is 4.30. The first-order valence-corrected chi connectivity index (χ1v) is 10.7. The molecule has 9 nitrogen and oxygen atoms in total. The fourth-order valence-corrected chi connectivity index (χ4v) is 4.30. The predicted molar refractivity (Wildman–Crippen MR) is 116 cm³/mol. The summed E-state index contributed by atoms with van der Waals surface area (Å²) >= 11 is 0. The first kappa shape index (κ1) is 21.0. The van der Waals surface area contributed by atoms with Crippen molar-refractivity contribution in [1.29, 1.82) is 0 Å². The van der Waals surface area contributed by atoms with Gasteiger partial charge in [-0.05, 0) is 38.1 Å². The van der Waals surface area contributed by atoms with E-state index in [0.717, 1.165) is 25.3 Å². The first-order valence-electron chi connectivity index (χ1n) is 10.7. The molecular formula is C22H26N6O3. The Morgan fingerprint density at radius 2 is 2.10 bits per heavy atom. The van der Waals surface area contributed by atoms with Gasteiger partial charge in [0.15, 0.2) is 0 Å². The van der Waals surface area contributed by atoms with Crippen molar-refractivity contribution in [3.8, 4) is 5.88 Å². The van der Waals surface area contributed by atoms with Gasteiger partial charge in [0.2, 0.25) is 5.88 Å². The molecular weight excluding hydrogens is 396 g/mol. The number of rotatable bonds is 8. The van der Waals surface area contributed by atoms with E-state index in [1.165, 1.54) is 25.5 Å². The molecule has 1 saturated heterocycles. The molecule has 1 aliphatic heterocycles. The molecule has 1 saturated carbocycles. The monoisotopic (exact) mass is 422 g/mol. The van der Waals surface area contributed by atoms with E-state index in [4.69, 9.17) is 11.3 Å². The van der Waals surface area contributed by atoms with Crippen LogP contribution in [0.4, 0.5) is 11.4 Å². The molecule has 4 rings (SSSR count). The lowest BCUT2D eigenvalue weighted by Gasteiger charge is -2.38. The molecule has 0 atom stereocenters. The maximum Gasteiger partial charge on any atom is 0.310 e. The van der Waals surface area contributed by atoms with Gasteiger partial charge < -0.3 is 14.9 Å². The normalized spacial score (nSPS) is 23.4. The second-order valence-corrected chi connectivity index (χ2v) is 8.16. The summed E-state index contributed by atoms with van der Waals surface area (Å²) in [7, 11) is 0. The topological polar surface area (TPSA) is 97.8 Å². The fraction of sp³-hybridized carbons (Fsp3) is 0.500. The molecule has 2 aliphatic rings. The van der Waals surface area contributed by atoms with Gasteiger partial charge in [0.05, 0.1) is 17.8 Å². The number of nitrogens with one attached hydrogen (secondary N) is 1. The van der Waals surface area contributed by atoms with E-state index in [9.17, 15) is 10.1 Å². The van der Waals surface area contributed by atoms with Crippen molar-refractivity contribution in [2.45, 2.75) is 43.7 Å². The molecule has 2 aromatic rings. The second kappa shape index (κ2) is 9.27. The summed E-state index contributed by atoms with van der Waals surface area (Å²) in [6.07, 6.45) is 7.72. The van der Waals surface area contributed by atoms with Crippen LogP contribution in [0.1, 0.15) is 37.8 Å². The van der Waals surface area contributed by atoms with E-state index in [1.54, 1.807) is 12.3 Å². The van der Waals surface area contributed by atoms with Crippen LogP contribution in [0.3, 0.4) is 0 Å². The average molecular weight is 422 g/mol. The van der Waals surface area contributed by atoms with Crippen molar-refractivity contribution < 1.29 is 9.66 Å². The van der Waals surface area contributed by atoms with Crippen LogP contribution in [0, 0.1) is 16.7 Å². The van der Waals surface area contributed by atoms with Crippen molar-refractivity contribution in [2.24, 2.45) is 0 Å². The number of nitro groups is 1. The summed E-state index contributed by atoms with van der Waals surface area (Å²) in [5.41, 5.74) is 0.349. The molecule has 1 N–H and O–H groups in total.